The molecule has 2 nitrogen and oxygen atoms in total. The minimum absolute atomic E-state index is 0. The predicted octanol–water partition coefficient (Wildman–Crippen LogP) is 10.2. The molecule has 1 radical (unpaired) electrons. The molecule has 215 valence electrons. The zero-order chi connectivity index (χ0) is 31.0. The van der Waals surface area contributed by atoms with Crippen molar-refractivity contribution in [2.45, 2.75) is 19.3 Å². The third-order valence-electron chi connectivity index (χ3n) is 8.14. The molecule has 2 aromatic heterocycles. The van der Waals surface area contributed by atoms with E-state index >= 15 is 0 Å². The number of hydrogen-bond acceptors (Lipinski definition) is 2. The van der Waals surface area contributed by atoms with E-state index in [9.17, 15) is 0 Å². The molecule has 0 aliphatic heterocycles. The van der Waals surface area contributed by atoms with E-state index in [-0.39, 0.29) is 25.5 Å². The maximum absolute atomic E-state index is 7.44. The predicted molar refractivity (Wildman–Crippen MR) is 178 cm³/mol. The van der Waals surface area contributed by atoms with E-state index in [2.05, 4.69) is 116 Å². The summed E-state index contributed by atoms with van der Waals surface area (Å²) in [5, 5.41) is 2.51. The van der Waals surface area contributed by atoms with Crippen LogP contribution < -0.4 is 0 Å². The first-order valence-corrected chi connectivity index (χ1v) is 14.4. The maximum Gasteiger partial charge on any atom is 0.0616 e. The van der Waals surface area contributed by atoms with Gasteiger partial charge < -0.3 is 9.97 Å². The topological polar surface area (TPSA) is 25.8 Å². The van der Waals surface area contributed by atoms with Crippen LogP contribution >= 0.6 is 0 Å². The molecule has 5 aromatic carbocycles. The molecule has 3 heteroatoms. The first kappa shape index (κ1) is 26.9. The summed E-state index contributed by atoms with van der Waals surface area (Å²) in [6, 6.07) is 48.1. The van der Waals surface area contributed by atoms with Crippen molar-refractivity contribution < 1.29 is 22.8 Å². The molecule has 0 spiro atoms. The number of fused-ring (bicyclic) bond motifs is 4. The number of nitrogens with zero attached hydrogens (tertiary/aromatic N) is 2. The normalized spacial score (nSPS) is 13.0. The van der Waals surface area contributed by atoms with E-state index in [1.54, 1.807) is 36.5 Å². The Morgan fingerprint density at radius 3 is 2.25 bits per heavy atom. The SMILES string of the molecule is CC1(C)c2ccccc2-c2cc[c-]c(-c3cc(-c4ccc5ccccc5c4)ccn3)c21.[2H]c1cc[c-]c(-c2cc([2H])ccn2)c1.[Ir]. The van der Waals surface area contributed by atoms with Crippen molar-refractivity contribution in [2.24, 2.45) is 0 Å². The third-order valence-corrected chi connectivity index (χ3v) is 8.14. The van der Waals surface area contributed by atoms with Crippen LogP contribution in [-0.2, 0) is 25.5 Å². The van der Waals surface area contributed by atoms with Crippen LogP contribution in [0.25, 0.3) is 55.5 Å². The van der Waals surface area contributed by atoms with E-state index in [1.807, 2.05) is 12.3 Å². The summed E-state index contributed by atoms with van der Waals surface area (Å²) in [4.78, 5) is 8.89. The molecule has 2 heterocycles. The van der Waals surface area contributed by atoms with Gasteiger partial charge in [0.25, 0.3) is 0 Å². The Labute approximate surface area is 275 Å². The van der Waals surface area contributed by atoms with Gasteiger partial charge >= 0.3 is 0 Å². The first-order chi connectivity index (χ1) is 21.9. The summed E-state index contributed by atoms with van der Waals surface area (Å²) in [6.45, 7) is 4.62. The smallest absolute Gasteiger partial charge is 0.0616 e. The minimum Gasteiger partial charge on any atom is -0.305 e. The second kappa shape index (κ2) is 12.5. The van der Waals surface area contributed by atoms with E-state index < -0.39 is 0 Å². The Morgan fingerprint density at radius 1 is 0.614 bits per heavy atom. The van der Waals surface area contributed by atoms with Crippen LogP contribution in [-0.4, -0.2) is 9.97 Å². The van der Waals surface area contributed by atoms with Gasteiger partial charge in [-0.1, -0.05) is 98.2 Å². The van der Waals surface area contributed by atoms with E-state index in [1.165, 1.54) is 44.2 Å². The van der Waals surface area contributed by atoms with Gasteiger partial charge in [-0.3, -0.25) is 0 Å². The number of benzene rings is 5. The zero-order valence-electron chi connectivity index (χ0n) is 26.4. The van der Waals surface area contributed by atoms with Crippen molar-refractivity contribution >= 4 is 10.8 Å². The Hall–Kier alpha value is -4.69. The van der Waals surface area contributed by atoms with Crippen LogP contribution in [0.5, 0.6) is 0 Å². The molecule has 0 N–H and O–H groups in total. The molecular weight excluding hydrogens is 713 g/mol. The first-order valence-electron chi connectivity index (χ1n) is 15.4. The van der Waals surface area contributed by atoms with Gasteiger partial charge in [0.15, 0.2) is 0 Å². The van der Waals surface area contributed by atoms with Gasteiger partial charge in [0.05, 0.1) is 1.37 Å². The standard InChI is InChI=1S/C30H22N.C11H8N.Ir/c1-30(2)27-13-6-5-10-24(27)25-11-7-12-26(29(25)30)28-19-23(16-17-31-28)22-15-14-20-8-3-4-9-21(20)18-22;1-2-6-10(7-3-1)11-8-4-5-9-12-11;/h3-11,13-19H,1-2H3;1-6,8-9H;/q2*-1;/i;2D,4D;. The molecule has 7 aromatic rings. The van der Waals surface area contributed by atoms with E-state index in [0.29, 0.717) is 17.8 Å². The number of rotatable bonds is 3. The van der Waals surface area contributed by atoms with Gasteiger partial charge in [0.1, 0.15) is 0 Å². The quantitative estimate of drug-likeness (QED) is 0.168. The van der Waals surface area contributed by atoms with Crippen molar-refractivity contribution in [3.63, 3.8) is 0 Å². The molecule has 44 heavy (non-hydrogen) atoms. The summed E-state index contributed by atoms with van der Waals surface area (Å²) in [7, 11) is 0. The van der Waals surface area contributed by atoms with Crippen LogP contribution in [0.3, 0.4) is 0 Å². The molecule has 0 bridgehead atoms. The summed E-state index contributed by atoms with van der Waals surface area (Å²) >= 11 is 0. The average molecular weight is 745 g/mol. The Bertz CT molecular complexity index is 2150. The van der Waals surface area contributed by atoms with Crippen LogP contribution in [0, 0.1) is 12.1 Å². The summed E-state index contributed by atoms with van der Waals surface area (Å²) in [5.74, 6) is 0. The van der Waals surface area contributed by atoms with Crippen molar-refractivity contribution in [1.82, 2.24) is 9.97 Å². The minimum atomic E-state index is -0.0837. The van der Waals surface area contributed by atoms with Crippen molar-refractivity contribution in [3.8, 4) is 44.8 Å². The molecule has 1 aliphatic carbocycles. The van der Waals surface area contributed by atoms with Gasteiger partial charge in [-0.2, -0.15) is 0 Å². The molecule has 0 saturated carbocycles. The zero-order valence-corrected chi connectivity index (χ0v) is 26.8. The van der Waals surface area contributed by atoms with Crippen LogP contribution in [0.15, 0.2) is 146 Å². The average Bonchev–Trinajstić information content (AvgIpc) is 3.31. The second-order valence-corrected chi connectivity index (χ2v) is 11.1. The molecular formula is C41H30IrN2-2. The van der Waals surface area contributed by atoms with Gasteiger partial charge in [-0.05, 0) is 68.0 Å². The molecule has 8 rings (SSSR count). The number of hydrogen-bond donors (Lipinski definition) is 0. The second-order valence-electron chi connectivity index (χ2n) is 11.1. The summed E-state index contributed by atoms with van der Waals surface area (Å²) in [6.07, 6.45) is 3.50. The number of aromatic nitrogens is 2. The fraction of sp³-hybridized carbons (Fsp3) is 0.0732. The van der Waals surface area contributed by atoms with E-state index in [4.69, 9.17) is 7.73 Å². The van der Waals surface area contributed by atoms with Gasteiger partial charge in [0, 0.05) is 33.9 Å². The van der Waals surface area contributed by atoms with Crippen molar-refractivity contribution in [2.75, 3.05) is 0 Å². The Morgan fingerprint density at radius 2 is 1.39 bits per heavy atom. The van der Waals surface area contributed by atoms with Crippen LogP contribution in [0.4, 0.5) is 0 Å². The number of pyridine rings is 2. The Balaban J connectivity index is 0.000000209. The van der Waals surface area contributed by atoms with Crippen LogP contribution in [0.2, 0.25) is 0 Å². The third kappa shape index (κ3) is 5.53. The molecule has 1 aliphatic rings. The van der Waals surface area contributed by atoms with Crippen molar-refractivity contribution in [3.05, 3.63) is 169 Å². The molecule has 0 atom stereocenters. The molecule has 0 amide bonds. The summed E-state index contributed by atoms with van der Waals surface area (Å²) < 4.78 is 14.9. The van der Waals surface area contributed by atoms with Gasteiger partial charge in [0.2, 0.25) is 0 Å². The fourth-order valence-corrected chi connectivity index (χ4v) is 6.06. The monoisotopic (exact) mass is 745 g/mol. The van der Waals surface area contributed by atoms with Crippen molar-refractivity contribution in [1.29, 1.82) is 0 Å². The van der Waals surface area contributed by atoms with E-state index in [0.717, 1.165) is 16.8 Å². The fourth-order valence-electron chi connectivity index (χ4n) is 6.06. The largest absolute Gasteiger partial charge is 0.305 e. The van der Waals surface area contributed by atoms with Crippen LogP contribution in [0.1, 0.15) is 27.7 Å². The van der Waals surface area contributed by atoms with Gasteiger partial charge in [-0.15, -0.1) is 65.2 Å². The Kier molecular flexibility index (Phi) is 7.64. The van der Waals surface area contributed by atoms with Gasteiger partial charge in [-0.25, -0.2) is 0 Å². The summed E-state index contributed by atoms with van der Waals surface area (Å²) in [5.41, 5.74) is 11.1. The molecule has 0 unspecified atom stereocenters. The molecule has 0 saturated heterocycles. The maximum atomic E-state index is 7.44. The molecule has 0 fully saturated rings.